The van der Waals surface area contributed by atoms with E-state index in [1.54, 1.807) is 31.4 Å². The van der Waals surface area contributed by atoms with E-state index in [0.29, 0.717) is 28.6 Å². The van der Waals surface area contributed by atoms with Gasteiger partial charge in [0.25, 0.3) is 0 Å². The normalized spacial score (nSPS) is 41.5. The van der Waals surface area contributed by atoms with Crippen LogP contribution in [0, 0.1) is 51.8 Å². The van der Waals surface area contributed by atoms with E-state index in [-0.39, 0.29) is 36.6 Å². The van der Waals surface area contributed by atoms with Gasteiger partial charge in [-0.25, -0.2) is 4.79 Å². The summed E-state index contributed by atoms with van der Waals surface area (Å²) in [4.78, 5) is 28.6. The third kappa shape index (κ3) is 10.5. The average molecular weight is 1200 g/mol. The highest BCUT2D eigenvalue weighted by Crippen LogP contribution is 2.83. The standard InChI is InChI=1S/C64H108O15Si3/c1-18-80(19-2,20-3)77-49-38-71-59(76-64(40(10)11)41(12)63(67)52(75-64)36-48-46-35-51(69-17)62-37-44(62)31-33-60(62,14)47(46)32-34-61(48,63)15)55(72-42(13)65)53(49)74-58-56(73-57(66)43-27-29-45(68-16)30-28-43)54(79-82(24-7,25-8)26-9)50(39-70-58)78-81(21-4,22-5)23-6/h27-30,40-41,44,46-56,58-59,67H,18-26,31-39H2,1-17H3/t41-,44+,46+,47-,48-,49-,50+,51+,52-,53-,54-,55+,56+,58-,59-,60+,61-,62-,63+,64-/m0/s1. The molecular formula is C64H108O15Si3. The van der Waals surface area contributed by atoms with Crippen LogP contribution < -0.4 is 4.74 Å². The predicted molar refractivity (Wildman–Crippen MR) is 322 cm³/mol. The maximum atomic E-state index is 14.8. The molecule has 0 unspecified atom stereocenters. The highest BCUT2D eigenvalue weighted by atomic mass is 28.4. The minimum absolute atomic E-state index is 0.0343. The van der Waals surface area contributed by atoms with Gasteiger partial charge in [-0.05, 0) is 153 Å². The van der Waals surface area contributed by atoms with E-state index in [2.05, 4.69) is 96.9 Å². The lowest BCUT2D eigenvalue weighted by atomic mass is 9.44. The number of methoxy groups -OCH3 is 2. The van der Waals surface area contributed by atoms with Crippen molar-refractivity contribution in [3.05, 3.63) is 29.8 Å². The van der Waals surface area contributed by atoms with E-state index in [1.165, 1.54) is 26.2 Å². The lowest BCUT2D eigenvalue weighted by molar-refractivity contribution is -0.384. The third-order valence-electron chi connectivity index (χ3n) is 24.7. The summed E-state index contributed by atoms with van der Waals surface area (Å²) in [6.45, 7) is 32.4. The first-order chi connectivity index (χ1) is 39.0. The second kappa shape index (κ2) is 24.6. The van der Waals surface area contributed by atoms with Crippen LogP contribution in [0.4, 0.5) is 0 Å². The van der Waals surface area contributed by atoms with E-state index < -0.39 is 115 Å². The summed E-state index contributed by atoms with van der Waals surface area (Å²) in [6.07, 6.45) is -0.675. The Balaban J connectivity index is 1.09. The monoisotopic (exact) mass is 1200 g/mol. The summed E-state index contributed by atoms with van der Waals surface area (Å²) in [6, 6.07) is 14.6. The molecule has 1 aromatic carbocycles. The Hall–Kier alpha value is -1.79. The first-order valence-electron chi connectivity index (χ1n) is 32.5. The quantitative estimate of drug-likeness (QED) is 0.0725. The van der Waals surface area contributed by atoms with Crippen LogP contribution in [0.5, 0.6) is 5.75 Å². The number of carbonyl (C=O) groups is 2. The Morgan fingerprint density at radius 3 is 1.74 bits per heavy atom. The van der Waals surface area contributed by atoms with Crippen LogP contribution >= 0.6 is 0 Å². The number of benzene rings is 1. The topological polar surface area (TPSA) is 165 Å². The summed E-state index contributed by atoms with van der Waals surface area (Å²) < 4.78 is 83.8. The molecule has 3 aliphatic heterocycles. The molecule has 8 fully saturated rings. The maximum Gasteiger partial charge on any atom is 0.338 e. The van der Waals surface area contributed by atoms with E-state index >= 15 is 0 Å². The Bertz CT molecular complexity index is 2330. The number of hydrogen-bond acceptors (Lipinski definition) is 15. The molecule has 9 rings (SSSR count). The van der Waals surface area contributed by atoms with Crippen molar-refractivity contribution in [2.45, 2.75) is 276 Å². The summed E-state index contributed by atoms with van der Waals surface area (Å²) in [7, 11) is -3.74. The zero-order valence-corrected chi connectivity index (χ0v) is 56.4. The third-order valence-corrected chi connectivity index (χ3v) is 38.7. The van der Waals surface area contributed by atoms with E-state index in [0.717, 1.165) is 86.0 Å². The molecule has 0 radical (unpaired) electrons. The Morgan fingerprint density at radius 1 is 0.683 bits per heavy atom. The van der Waals surface area contributed by atoms with Gasteiger partial charge in [-0.1, -0.05) is 96.9 Å². The minimum Gasteiger partial charge on any atom is -0.497 e. The van der Waals surface area contributed by atoms with Gasteiger partial charge in [-0.3, -0.25) is 4.79 Å². The Labute approximate surface area is 496 Å². The number of fused-ring (bicyclic) bond motifs is 6. The van der Waals surface area contributed by atoms with Crippen molar-refractivity contribution < 1.29 is 70.6 Å². The lowest BCUT2D eigenvalue weighted by Crippen LogP contribution is -2.67. The molecule has 8 aliphatic rings. The lowest BCUT2D eigenvalue weighted by Gasteiger charge is -2.62. The molecule has 3 heterocycles. The predicted octanol–water partition coefficient (Wildman–Crippen LogP) is 12.8. The van der Waals surface area contributed by atoms with Crippen molar-refractivity contribution in [3.8, 4) is 5.75 Å². The fourth-order valence-electron chi connectivity index (χ4n) is 18.9. The van der Waals surface area contributed by atoms with Gasteiger partial charge < -0.3 is 61.0 Å². The molecule has 1 aromatic rings. The molecule has 1 spiro atoms. The van der Waals surface area contributed by atoms with Gasteiger partial charge in [0.1, 0.15) is 23.6 Å². The molecule has 466 valence electrons. The van der Waals surface area contributed by atoms with Crippen LogP contribution in [-0.2, 0) is 56.0 Å². The molecule has 5 aliphatic carbocycles. The van der Waals surface area contributed by atoms with Gasteiger partial charge in [0.05, 0.1) is 50.3 Å². The van der Waals surface area contributed by atoms with E-state index in [1.807, 2.05) is 7.11 Å². The second-order valence-corrected chi connectivity index (χ2v) is 41.5. The minimum atomic E-state index is -2.48. The fraction of sp³-hybridized carbons (Fsp3) is 0.875. The van der Waals surface area contributed by atoms with Gasteiger partial charge in [0.15, 0.2) is 49.2 Å². The second-order valence-electron chi connectivity index (χ2n) is 27.4. The van der Waals surface area contributed by atoms with Crippen molar-refractivity contribution >= 4 is 36.9 Å². The zero-order chi connectivity index (χ0) is 59.6. The molecule has 15 nitrogen and oxygen atoms in total. The first-order valence-corrected chi connectivity index (χ1v) is 40.1. The number of hydrogen-bond donors (Lipinski definition) is 1. The molecule has 5 saturated carbocycles. The molecule has 0 bridgehead atoms. The molecule has 18 heteroatoms. The van der Waals surface area contributed by atoms with Gasteiger partial charge in [-0.2, -0.15) is 0 Å². The van der Waals surface area contributed by atoms with Gasteiger partial charge >= 0.3 is 11.9 Å². The summed E-state index contributed by atoms with van der Waals surface area (Å²) >= 11 is 0. The first kappa shape index (κ1) is 64.7. The van der Waals surface area contributed by atoms with Gasteiger partial charge in [-0.15, -0.1) is 0 Å². The van der Waals surface area contributed by atoms with Crippen LogP contribution in [-0.4, -0.2) is 142 Å². The number of carbonyl (C=O) groups excluding carboxylic acids is 2. The fourth-order valence-corrected chi connectivity index (χ4v) is 27.4. The largest absolute Gasteiger partial charge is 0.497 e. The average Bonchev–Trinajstić information content (AvgIpc) is 3.73. The van der Waals surface area contributed by atoms with Crippen LogP contribution in [0.3, 0.4) is 0 Å². The molecule has 0 amide bonds. The smallest absolute Gasteiger partial charge is 0.338 e. The van der Waals surface area contributed by atoms with Crippen molar-refractivity contribution in [2.75, 3.05) is 27.4 Å². The van der Waals surface area contributed by atoms with Gasteiger partial charge in [0, 0.05) is 36.7 Å². The maximum absolute atomic E-state index is 14.8. The van der Waals surface area contributed by atoms with Crippen molar-refractivity contribution in [1.29, 1.82) is 0 Å². The van der Waals surface area contributed by atoms with E-state index in [9.17, 15) is 14.7 Å². The number of esters is 2. The molecule has 0 aromatic heterocycles. The summed E-state index contributed by atoms with van der Waals surface area (Å²) in [5, 5.41) is 13.8. The molecular weight excluding hydrogens is 1090 g/mol. The van der Waals surface area contributed by atoms with Crippen molar-refractivity contribution in [3.63, 3.8) is 0 Å². The zero-order valence-electron chi connectivity index (χ0n) is 53.4. The van der Waals surface area contributed by atoms with Crippen molar-refractivity contribution in [1.82, 2.24) is 0 Å². The SMILES string of the molecule is CC[Si](CC)(CC)O[C@@H]1[C@@H](OC(=O)c2ccc(OC)cc2)[C@H](O[C@@H]2[C@@H](OC(C)=O)[C@H](O[C@]3(C(C)C)O[C@H]4C[C@H]5[C@@H]6C[C@@H](OC)[C@]78C[C@H]7CC[C@]8(C)[C@H]6CC[C@]5(C)[C@@]4(O)[C@@H]3C)OC[C@@H]2O[Si](CC)(CC)CC)OC[C@H]1O[Si](CC)(CC)CC. The number of ether oxygens (including phenoxy) is 9. The van der Waals surface area contributed by atoms with Crippen LogP contribution in [0.2, 0.25) is 54.4 Å². The van der Waals surface area contributed by atoms with Crippen LogP contribution in [0.25, 0.3) is 0 Å². The molecule has 82 heavy (non-hydrogen) atoms. The highest BCUT2D eigenvalue weighted by Gasteiger charge is 2.81. The molecule has 1 N–H and O–H groups in total. The number of rotatable bonds is 25. The Morgan fingerprint density at radius 2 is 1.22 bits per heavy atom. The van der Waals surface area contributed by atoms with E-state index in [4.69, 9.17) is 55.9 Å². The summed E-state index contributed by atoms with van der Waals surface area (Å²) in [5.74, 6) is -0.667. The Kier molecular flexibility index (Phi) is 19.4. The van der Waals surface area contributed by atoms with Crippen molar-refractivity contribution in [2.24, 2.45) is 51.8 Å². The summed E-state index contributed by atoms with van der Waals surface area (Å²) in [5.41, 5.74) is -0.845. The molecule has 3 saturated heterocycles. The number of aliphatic hydroxyl groups is 1. The highest BCUT2D eigenvalue weighted by molar-refractivity contribution is 6.74. The van der Waals surface area contributed by atoms with Crippen LogP contribution in [0.1, 0.15) is 159 Å². The van der Waals surface area contributed by atoms with Gasteiger partial charge in [0.2, 0.25) is 6.29 Å². The van der Waals surface area contributed by atoms with Crippen LogP contribution in [0.15, 0.2) is 24.3 Å². The molecule has 20 atom stereocenters.